The number of carbonyl (C=O) groups excluding carboxylic acids is 2. The monoisotopic (exact) mass is 387 g/mol. The van der Waals surface area contributed by atoms with Gasteiger partial charge in [-0.15, -0.1) is 0 Å². The summed E-state index contributed by atoms with van der Waals surface area (Å²) in [6, 6.07) is 14.9. The molecule has 0 unspecified atom stereocenters. The van der Waals surface area contributed by atoms with Gasteiger partial charge < -0.3 is 16.0 Å². The predicted molar refractivity (Wildman–Crippen MR) is 100 cm³/mol. The maximum Gasteiger partial charge on any atom is 0.243 e. The van der Waals surface area contributed by atoms with Gasteiger partial charge in [-0.25, -0.2) is 13.2 Å². The maximum absolute atomic E-state index is 13.5. The second kappa shape index (κ2) is 8.43. The van der Waals surface area contributed by atoms with Crippen molar-refractivity contribution in [2.24, 2.45) is 0 Å². The van der Waals surface area contributed by atoms with Crippen molar-refractivity contribution in [2.45, 2.75) is 0 Å². The smallest absolute Gasteiger partial charge is 0.243 e. The molecule has 0 atom stereocenters. The number of hydrogen-bond donors (Lipinski definition) is 3. The third kappa shape index (κ3) is 4.40. The predicted octanol–water partition coefficient (Wildman–Crippen LogP) is 3.42. The Morgan fingerprint density at radius 1 is 0.750 bits per heavy atom. The minimum absolute atomic E-state index is 0.0825. The summed E-state index contributed by atoms with van der Waals surface area (Å²) in [5.74, 6) is -5.78. The van der Waals surface area contributed by atoms with Crippen LogP contribution in [0.4, 0.5) is 24.5 Å². The van der Waals surface area contributed by atoms with Gasteiger partial charge in [0.1, 0.15) is 0 Å². The number of fused-ring (bicyclic) bond motifs is 1. The minimum Gasteiger partial charge on any atom is -0.376 e. The highest BCUT2D eigenvalue weighted by atomic mass is 19.2. The van der Waals surface area contributed by atoms with E-state index in [1.807, 2.05) is 42.5 Å². The summed E-state index contributed by atoms with van der Waals surface area (Å²) in [4.78, 5) is 23.7. The molecule has 2 amide bonds. The van der Waals surface area contributed by atoms with Gasteiger partial charge in [0.05, 0.1) is 18.8 Å². The Hall–Kier alpha value is -3.55. The molecule has 0 spiro atoms. The lowest BCUT2D eigenvalue weighted by Gasteiger charge is -2.11. The number of halogens is 3. The SMILES string of the molecule is O=C(CNc1cccc2ccccc12)NCC(=O)Nc1ccc(F)c(F)c1F. The van der Waals surface area contributed by atoms with E-state index in [0.717, 1.165) is 22.5 Å². The summed E-state index contributed by atoms with van der Waals surface area (Å²) >= 11 is 0. The Morgan fingerprint density at radius 3 is 2.32 bits per heavy atom. The van der Waals surface area contributed by atoms with Crippen molar-refractivity contribution in [3.8, 4) is 0 Å². The Labute approximate surface area is 158 Å². The lowest BCUT2D eigenvalue weighted by Crippen LogP contribution is -2.36. The van der Waals surface area contributed by atoms with Crippen LogP contribution in [0.1, 0.15) is 0 Å². The number of hydrogen-bond acceptors (Lipinski definition) is 3. The second-order valence-electron chi connectivity index (χ2n) is 5.93. The van der Waals surface area contributed by atoms with Gasteiger partial charge in [-0.05, 0) is 23.6 Å². The van der Waals surface area contributed by atoms with E-state index < -0.39 is 41.5 Å². The van der Waals surface area contributed by atoms with Crippen LogP contribution in [0.3, 0.4) is 0 Å². The van der Waals surface area contributed by atoms with E-state index in [-0.39, 0.29) is 6.54 Å². The zero-order valence-electron chi connectivity index (χ0n) is 14.6. The maximum atomic E-state index is 13.5. The van der Waals surface area contributed by atoms with Crippen molar-refractivity contribution in [2.75, 3.05) is 23.7 Å². The Bertz CT molecular complexity index is 1040. The van der Waals surface area contributed by atoms with Gasteiger partial charge in [-0.2, -0.15) is 0 Å². The van der Waals surface area contributed by atoms with Crippen molar-refractivity contribution < 1.29 is 22.8 Å². The third-order valence-electron chi connectivity index (χ3n) is 3.98. The molecule has 0 saturated carbocycles. The molecule has 0 heterocycles. The quantitative estimate of drug-likeness (QED) is 0.568. The summed E-state index contributed by atoms with van der Waals surface area (Å²) < 4.78 is 39.6. The Balaban J connectivity index is 1.51. The van der Waals surface area contributed by atoms with Crippen LogP contribution >= 0.6 is 0 Å². The van der Waals surface area contributed by atoms with Crippen LogP contribution in [0.25, 0.3) is 10.8 Å². The summed E-state index contributed by atoms with van der Waals surface area (Å²) in [5.41, 5.74) is 0.258. The fourth-order valence-electron chi connectivity index (χ4n) is 2.61. The third-order valence-corrected chi connectivity index (χ3v) is 3.98. The van der Waals surface area contributed by atoms with Crippen molar-refractivity contribution >= 4 is 34.0 Å². The van der Waals surface area contributed by atoms with Crippen LogP contribution < -0.4 is 16.0 Å². The van der Waals surface area contributed by atoms with Crippen molar-refractivity contribution in [3.05, 3.63) is 72.0 Å². The molecule has 3 aromatic carbocycles. The molecule has 0 bridgehead atoms. The van der Waals surface area contributed by atoms with E-state index in [1.54, 1.807) is 0 Å². The number of carbonyl (C=O) groups is 2. The molecular formula is C20H16F3N3O2. The van der Waals surface area contributed by atoms with Crippen LogP contribution in [0, 0.1) is 17.5 Å². The highest BCUT2D eigenvalue weighted by Gasteiger charge is 2.15. The first kappa shape index (κ1) is 19.2. The number of amides is 2. The standard InChI is InChI=1S/C20H16F3N3O2/c21-14-8-9-16(20(23)19(14)22)26-18(28)11-25-17(27)10-24-15-7-3-5-12-4-1-2-6-13(12)15/h1-9,24H,10-11H2,(H,25,27)(H,26,28). The average molecular weight is 387 g/mol. The van der Waals surface area contributed by atoms with E-state index in [0.29, 0.717) is 6.07 Å². The van der Waals surface area contributed by atoms with Gasteiger partial charge >= 0.3 is 0 Å². The van der Waals surface area contributed by atoms with E-state index in [4.69, 9.17) is 0 Å². The molecule has 3 N–H and O–H groups in total. The second-order valence-corrected chi connectivity index (χ2v) is 5.93. The van der Waals surface area contributed by atoms with Crippen LogP contribution in [0.15, 0.2) is 54.6 Å². The molecule has 0 saturated heterocycles. The fourth-order valence-corrected chi connectivity index (χ4v) is 2.61. The first-order valence-electron chi connectivity index (χ1n) is 8.37. The average Bonchev–Trinajstić information content (AvgIpc) is 2.71. The van der Waals surface area contributed by atoms with Crippen LogP contribution in [0.2, 0.25) is 0 Å². The lowest BCUT2D eigenvalue weighted by molar-refractivity contribution is -0.122. The van der Waals surface area contributed by atoms with Crippen molar-refractivity contribution in [3.63, 3.8) is 0 Å². The van der Waals surface area contributed by atoms with E-state index >= 15 is 0 Å². The zero-order chi connectivity index (χ0) is 20.1. The van der Waals surface area contributed by atoms with Crippen molar-refractivity contribution in [1.29, 1.82) is 0 Å². The van der Waals surface area contributed by atoms with Gasteiger partial charge in [0.25, 0.3) is 0 Å². The first-order chi connectivity index (χ1) is 13.5. The lowest BCUT2D eigenvalue weighted by atomic mass is 10.1. The molecule has 0 aliphatic carbocycles. The summed E-state index contributed by atoms with van der Waals surface area (Å²) in [6.07, 6.45) is 0. The van der Waals surface area contributed by atoms with E-state index in [2.05, 4.69) is 16.0 Å². The largest absolute Gasteiger partial charge is 0.376 e. The number of rotatable bonds is 6. The fraction of sp³-hybridized carbons (Fsp3) is 0.100. The zero-order valence-corrected chi connectivity index (χ0v) is 14.6. The number of nitrogens with one attached hydrogen (secondary N) is 3. The van der Waals surface area contributed by atoms with Crippen LogP contribution in [-0.2, 0) is 9.59 Å². The van der Waals surface area contributed by atoms with Crippen LogP contribution in [-0.4, -0.2) is 24.9 Å². The van der Waals surface area contributed by atoms with Gasteiger partial charge in [0.2, 0.25) is 11.8 Å². The molecule has 0 aliphatic rings. The number of benzene rings is 3. The van der Waals surface area contributed by atoms with E-state index in [1.165, 1.54) is 0 Å². The molecule has 3 rings (SSSR count). The molecule has 28 heavy (non-hydrogen) atoms. The normalized spacial score (nSPS) is 10.5. The minimum atomic E-state index is -1.68. The molecule has 0 aliphatic heterocycles. The molecule has 8 heteroatoms. The molecule has 3 aromatic rings. The topological polar surface area (TPSA) is 70.2 Å². The van der Waals surface area contributed by atoms with Gasteiger partial charge in [-0.3, -0.25) is 9.59 Å². The highest BCUT2D eigenvalue weighted by molar-refractivity contribution is 5.97. The molecule has 0 radical (unpaired) electrons. The number of anilines is 2. The first-order valence-corrected chi connectivity index (χ1v) is 8.37. The molecular weight excluding hydrogens is 371 g/mol. The van der Waals surface area contributed by atoms with Gasteiger partial charge in [-0.1, -0.05) is 36.4 Å². The molecule has 0 fully saturated rings. The summed E-state index contributed by atoms with van der Waals surface area (Å²) in [5, 5.41) is 9.39. The Morgan fingerprint density at radius 2 is 1.50 bits per heavy atom. The van der Waals surface area contributed by atoms with Crippen molar-refractivity contribution in [1.82, 2.24) is 5.32 Å². The highest BCUT2D eigenvalue weighted by Crippen LogP contribution is 2.22. The summed E-state index contributed by atoms with van der Waals surface area (Å²) in [7, 11) is 0. The van der Waals surface area contributed by atoms with E-state index in [9.17, 15) is 22.8 Å². The molecule has 144 valence electrons. The summed E-state index contributed by atoms with van der Waals surface area (Å²) in [6.45, 7) is -0.532. The molecule has 0 aromatic heterocycles. The van der Waals surface area contributed by atoms with Gasteiger partial charge in [0.15, 0.2) is 17.5 Å². The molecule has 5 nitrogen and oxygen atoms in total. The van der Waals surface area contributed by atoms with Gasteiger partial charge in [0, 0.05) is 11.1 Å². The van der Waals surface area contributed by atoms with Crippen LogP contribution in [0.5, 0.6) is 0 Å². The Kier molecular flexibility index (Phi) is 5.78.